The third kappa shape index (κ3) is 6.08. The van der Waals surface area contributed by atoms with Gasteiger partial charge in [-0.15, -0.1) is 0 Å². The van der Waals surface area contributed by atoms with Crippen molar-refractivity contribution in [1.82, 2.24) is 15.0 Å². The molecule has 164 valence electrons. The summed E-state index contributed by atoms with van der Waals surface area (Å²) in [5.74, 6) is 0.414. The molecule has 0 bridgehead atoms. The Morgan fingerprint density at radius 1 is 0.742 bits per heavy atom. The van der Waals surface area contributed by atoms with E-state index in [9.17, 15) is 21.4 Å². The van der Waals surface area contributed by atoms with E-state index >= 15 is 0 Å². The molecule has 3 rings (SSSR count). The summed E-state index contributed by atoms with van der Waals surface area (Å²) in [5.41, 5.74) is 0.757. The van der Waals surface area contributed by atoms with Crippen molar-refractivity contribution >= 4 is 49.5 Å². The number of hydrogen-bond donors (Lipinski definition) is 5. The standard InChI is InChI=1S/C17H18N6O6S2/c1-2-18-15-21-16(19-11-6-8-13(9-7-11)30(24,25)26)23-17(22-15)20-12-4-3-5-14(10-12)31(27,28)29/h3-10H,2H2,1H3,(H,24,25,26)(H,27,28,29)(H3,18,19,20,21,22,23). The van der Waals surface area contributed by atoms with Gasteiger partial charge in [0.2, 0.25) is 17.8 Å². The van der Waals surface area contributed by atoms with E-state index < -0.39 is 20.2 Å². The molecule has 0 fully saturated rings. The van der Waals surface area contributed by atoms with Gasteiger partial charge < -0.3 is 16.0 Å². The molecule has 0 atom stereocenters. The Labute approximate surface area is 178 Å². The van der Waals surface area contributed by atoms with Crippen molar-refractivity contribution in [2.45, 2.75) is 16.7 Å². The number of nitrogens with zero attached hydrogens (tertiary/aromatic N) is 3. The van der Waals surface area contributed by atoms with Crippen LogP contribution in [-0.4, -0.2) is 47.4 Å². The lowest BCUT2D eigenvalue weighted by Crippen LogP contribution is -2.09. The van der Waals surface area contributed by atoms with Crippen molar-refractivity contribution in [3.63, 3.8) is 0 Å². The number of aromatic nitrogens is 3. The molecular formula is C17H18N6O6S2. The van der Waals surface area contributed by atoms with Crippen LogP contribution < -0.4 is 16.0 Å². The smallest absolute Gasteiger partial charge is 0.294 e. The first-order valence-electron chi connectivity index (χ1n) is 8.74. The molecule has 0 aliphatic heterocycles. The van der Waals surface area contributed by atoms with Gasteiger partial charge in [-0.3, -0.25) is 9.11 Å². The summed E-state index contributed by atoms with van der Waals surface area (Å²) in [6.45, 7) is 2.36. The molecule has 0 unspecified atom stereocenters. The Hall–Kier alpha value is -3.33. The zero-order valence-electron chi connectivity index (χ0n) is 16.0. The monoisotopic (exact) mass is 466 g/mol. The zero-order valence-corrected chi connectivity index (χ0v) is 17.6. The fourth-order valence-corrected chi connectivity index (χ4v) is 3.43. The van der Waals surface area contributed by atoms with Crippen molar-refractivity contribution in [2.24, 2.45) is 0 Å². The lowest BCUT2D eigenvalue weighted by atomic mass is 10.3. The number of hydrogen-bond acceptors (Lipinski definition) is 10. The van der Waals surface area contributed by atoms with Crippen LogP contribution in [0.3, 0.4) is 0 Å². The van der Waals surface area contributed by atoms with Crippen LogP contribution in [0, 0.1) is 0 Å². The summed E-state index contributed by atoms with van der Waals surface area (Å²) in [7, 11) is -8.69. The highest BCUT2D eigenvalue weighted by atomic mass is 32.2. The normalized spacial score (nSPS) is 11.7. The van der Waals surface area contributed by atoms with Crippen molar-refractivity contribution in [3.05, 3.63) is 48.5 Å². The van der Waals surface area contributed by atoms with E-state index in [4.69, 9.17) is 4.55 Å². The average Bonchev–Trinajstić information content (AvgIpc) is 2.67. The fraction of sp³-hybridized carbons (Fsp3) is 0.118. The molecule has 0 aliphatic rings. The van der Waals surface area contributed by atoms with Crippen LogP contribution in [0.15, 0.2) is 58.3 Å². The Bertz CT molecular complexity index is 1300. The molecule has 12 nitrogen and oxygen atoms in total. The molecule has 1 aromatic heterocycles. The topological polar surface area (TPSA) is 184 Å². The molecule has 0 amide bonds. The highest BCUT2D eigenvalue weighted by Crippen LogP contribution is 2.21. The summed E-state index contributed by atoms with van der Waals surface area (Å²) < 4.78 is 63.2. The van der Waals surface area contributed by atoms with E-state index in [1.165, 1.54) is 42.5 Å². The molecule has 3 aromatic rings. The van der Waals surface area contributed by atoms with Gasteiger partial charge in [-0.1, -0.05) is 6.07 Å². The molecule has 0 spiro atoms. The Morgan fingerprint density at radius 2 is 1.29 bits per heavy atom. The minimum Gasteiger partial charge on any atom is -0.354 e. The van der Waals surface area contributed by atoms with Crippen LogP contribution in [0.1, 0.15) is 6.92 Å². The molecule has 31 heavy (non-hydrogen) atoms. The van der Waals surface area contributed by atoms with Crippen molar-refractivity contribution in [1.29, 1.82) is 0 Å². The van der Waals surface area contributed by atoms with Gasteiger partial charge in [0.1, 0.15) is 0 Å². The molecule has 1 heterocycles. The maximum Gasteiger partial charge on any atom is 0.294 e. The molecule has 14 heteroatoms. The first-order chi connectivity index (χ1) is 14.5. The molecule has 2 aromatic carbocycles. The molecule has 0 radical (unpaired) electrons. The predicted molar refractivity (Wildman–Crippen MR) is 113 cm³/mol. The molecular weight excluding hydrogens is 448 g/mol. The van der Waals surface area contributed by atoms with Crippen LogP contribution >= 0.6 is 0 Å². The van der Waals surface area contributed by atoms with Crippen LogP contribution in [-0.2, 0) is 20.2 Å². The minimum atomic E-state index is -4.38. The first-order valence-corrected chi connectivity index (χ1v) is 11.6. The van der Waals surface area contributed by atoms with Crippen molar-refractivity contribution < 1.29 is 25.9 Å². The number of benzene rings is 2. The van der Waals surface area contributed by atoms with Gasteiger partial charge in [0.05, 0.1) is 9.79 Å². The molecule has 0 saturated heterocycles. The van der Waals surface area contributed by atoms with Gasteiger partial charge >= 0.3 is 0 Å². The molecule has 0 aliphatic carbocycles. The lowest BCUT2D eigenvalue weighted by molar-refractivity contribution is 0.481. The average molecular weight is 467 g/mol. The summed E-state index contributed by atoms with van der Waals surface area (Å²) in [6, 6.07) is 10.7. The van der Waals surface area contributed by atoms with Gasteiger partial charge in [0, 0.05) is 17.9 Å². The summed E-state index contributed by atoms with van der Waals surface area (Å²) in [5, 5.41) is 8.66. The van der Waals surface area contributed by atoms with Crippen LogP contribution in [0.2, 0.25) is 0 Å². The fourth-order valence-electron chi connectivity index (χ4n) is 2.43. The van der Waals surface area contributed by atoms with Gasteiger partial charge in [-0.05, 0) is 49.4 Å². The predicted octanol–water partition coefficient (Wildman–Crippen LogP) is 2.28. The number of rotatable bonds is 8. The SMILES string of the molecule is CCNc1nc(Nc2ccc(S(=O)(=O)O)cc2)nc(Nc2cccc(S(=O)(=O)O)c2)n1. The van der Waals surface area contributed by atoms with Crippen molar-refractivity contribution in [3.8, 4) is 0 Å². The van der Waals surface area contributed by atoms with E-state index in [1.54, 1.807) is 6.07 Å². The first kappa shape index (κ1) is 22.4. The summed E-state index contributed by atoms with van der Waals surface area (Å²) in [6.07, 6.45) is 0. The van der Waals surface area contributed by atoms with E-state index in [0.717, 1.165) is 0 Å². The Morgan fingerprint density at radius 3 is 1.84 bits per heavy atom. The minimum absolute atomic E-state index is 0.0792. The summed E-state index contributed by atoms with van der Waals surface area (Å²) in [4.78, 5) is 12.0. The van der Waals surface area contributed by atoms with Gasteiger partial charge in [0.15, 0.2) is 0 Å². The largest absolute Gasteiger partial charge is 0.354 e. The van der Waals surface area contributed by atoms with Crippen LogP contribution in [0.4, 0.5) is 29.2 Å². The second-order valence-electron chi connectivity index (χ2n) is 6.09. The van der Waals surface area contributed by atoms with Crippen LogP contribution in [0.25, 0.3) is 0 Å². The third-order valence-electron chi connectivity index (χ3n) is 3.77. The maximum atomic E-state index is 11.3. The third-order valence-corrected chi connectivity index (χ3v) is 5.48. The van der Waals surface area contributed by atoms with Gasteiger partial charge in [-0.25, -0.2) is 0 Å². The van der Waals surface area contributed by atoms with Crippen LogP contribution in [0.5, 0.6) is 0 Å². The number of anilines is 5. The highest BCUT2D eigenvalue weighted by Gasteiger charge is 2.12. The zero-order chi connectivity index (χ0) is 22.6. The lowest BCUT2D eigenvalue weighted by Gasteiger charge is -2.11. The Kier molecular flexibility index (Phi) is 6.35. The molecule has 0 saturated carbocycles. The highest BCUT2D eigenvalue weighted by molar-refractivity contribution is 7.86. The second-order valence-corrected chi connectivity index (χ2v) is 8.93. The van der Waals surface area contributed by atoms with Gasteiger partial charge in [0.25, 0.3) is 20.2 Å². The van der Waals surface area contributed by atoms with E-state index in [2.05, 4.69) is 30.9 Å². The quantitative estimate of drug-likeness (QED) is 0.306. The van der Waals surface area contributed by atoms with E-state index in [-0.39, 0.29) is 27.6 Å². The Balaban J connectivity index is 1.89. The van der Waals surface area contributed by atoms with Crippen molar-refractivity contribution in [2.75, 3.05) is 22.5 Å². The molecule has 5 N–H and O–H groups in total. The van der Waals surface area contributed by atoms with E-state index in [1.807, 2.05) is 6.92 Å². The van der Waals surface area contributed by atoms with E-state index in [0.29, 0.717) is 17.9 Å². The number of nitrogens with one attached hydrogen (secondary N) is 3. The maximum absolute atomic E-state index is 11.3. The van der Waals surface area contributed by atoms with Gasteiger partial charge in [-0.2, -0.15) is 31.8 Å². The summed E-state index contributed by atoms with van der Waals surface area (Å²) >= 11 is 0. The second kappa shape index (κ2) is 8.81.